The van der Waals surface area contributed by atoms with Gasteiger partial charge < -0.3 is 10.5 Å². The molecule has 6 heteroatoms. The Bertz CT molecular complexity index is 710. The lowest BCUT2D eigenvalue weighted by Gasteiger charge is -2.11. The normalized spacial score (nSPS) is 10.3. The third-order valence-corrected chi connectivity index (χ3v) is 3.09. The number of aryl methyl sites for hydroxylation is 1. The highest BCUT2D eigenvalue weighted by atomic mass is 32.1. The lowest BCUT2D eigenvalue weighted by molar-refractivity contribution is 0.413. The van der Waals surface area contributed by atoms with E-state index in [0.717, 1.165) is 11.1 Å². The van der Waals surface area contributed by atoms with Gasteiger partial charge in [-0.3, -0.25) is 4.57 Å². The summed E-state index contributed by atoms with van der Waals surface area (Å²) >= 11 is 4.96. The maximum Gasteiger partial charge on any atom is 0.347 e. The Balaban J connectivity index is 2.37. The fourth-order valence-corrected chi connectivity index (χ4v) is 2.08. The van der Waals surface area contributed by atoms with Crippen LogP contribution in [-0.4, -0.2) is 21.6 Å². The molecule has 1 heterocycles. The van der Waals surface area contributed by atoms with Gasteiger partial charge in [0.15, 0.2) is 0 Å². The summed E-state index contributed by atoms with van der Waals surface area (Å²) < 4.78 is 6.81. The van der Waals surface area contributed by atoms with Crippen molar-refractivity contribution in [2.45, 2.75) is 13.5 Å². The Morgan fingerprint density at radius 1 is 1.50 bits per heavy atom. The molecular formula is C14H15N3O2S. The number of methoxy groups -OCH3 is 1. The van der Waals surface area contributed by atoms with E-state index in [0.29, 0.717) is 17.9 Å². The first-order valence-electron chi connectivity index (χ1n) is 6.01. The van der Waals surface area contributed by atoms with E-state index in [-0.39, 0.29) is 10.7 Å². The molecule has 0 amide bonds. The molecule has 0 atom stereocenters. The van der Waals surface area contributed by atoms with Crippen LogP contribution in [0.25, 0.3) is 0 Å². The zero-order valence-electron chi connectivity index (χ0n) is 11.3. The molecule has 5 nitrogen and oxygen atoms in total. The molecule has 104 valence electrons. The van der Waals surface area contributed by atoms with Gasteiger partial charge in [-0.2, -0.15) is 0 Å². The number of thiocarbonyl (C=S) groups is 1. The SMILES string of the molecule is COc1cc(Cn2cc(C)cnc2=O)ccc1C(N)=S. The summed E-state index contributed by atoms with van der Waals surface area (Å²) in [6, 6.07) is 5.49. The molecule has 0 saturated heterocycles. The Hall–Kier alpha value is -2.21. The van der Waals surface area contributed by atoms with Crippen LogP contribution in [0.2, 0.25) is 0 Å². The molecule has 0 radical (unpaired) electrons. The van der Waals surface area contributed by atoms with E-state index in [1.54, 1.807) is 30.1 Å². The molecular weight excluding hydrogens is 274 g/mol. The lowest BCUT2D eigenvalue weighted by atomic mass is 10.1. The van der Waals surface area contributed by atoms with Crippen LogP contribution in [0.15, 0.2) is 35.4 Å². The van der Waals surface area contributed by atoms with Crippen molar-refractivity contribution in [1.82, 2.24) is 9.55 Å². The van der Waals surface area contributed by atoms with Crippen LogP contribution in [0.1, 0.15) is 16.7 Å². The first kappa shape index (κ1) is 14.2. The summed E-state index contributed by atoms with van der Waals surface area (Å²) in [6.07, 6.45) is 3.32. The molecule has 0 saturated carbocycles. The zero-order chi connectivity index (χ0) is 14.7. The average Bonchev–Trinajstić information content (AvgIpc) is 2.42. The monoisotopic (exact) mass is 289 g/mol. The van der Waals surface area contributed by atoms with Gasteiger partial charge in [0, 0.05) is 12.4 Å². The van der Waals surface area contributed by atoms with Gasteiger partial charge in [0.2, 0.25) is 0 Å². The fraction of sp³-hybridized carbons (Fsp3) is 0.214. The number of nitrogens with zero attached hydrogens (tertiary/aromatic N) is 2. The van der Waals surface area contributed by atoms with E-state index in [4.69, 9.17) is 22.7 Å². The molecule has 0 fully saturated rings. The van der Waals surface area contributed by atoms with E-state index >= 15 is 0 Å². The van der Waals surface area contributed by atoms with Gasteiger partial charge in [-0.1, -0.05) is 18.3 Å². The highest BCUT2D eigenvalue weighted by molar-refractivity contribution is 7.80. The van der Waals surface area contributed by atoms with Gasteiger partial charge in [0.25, 0.3) is 0 Å². The predicted molar refractivity (Wildman–Crippen MR) is 81.2 cm³/mol. The van der Waals surface area contributed by atoms with Crippen molar-refractivity contribution in [3.8, 4) is 5.75 Å². The molecule has 0 spiro atoms. The maximum absolute atomic E-state index is 11.7. The molecule has 2 rings (SSSR count). The molecule has 1 aromatic carbocycles. The van der Waals surface area contributed by atoms with Crippen molar-refractivity contribution >= 4 is 17.2 Å². The summed E-state index contributed by atoms with van der Waals surface area (Å²) in [5, 5.41) is 0. The molecule has 0 aliphatic carbocycles. The second kappa shape index (κ2) is 5.83. The molecule has 1 aromatic heterocycles. The zero-order valence-corrected chi connectivity index (χ0v) is 12.1. The summed E-state index contributed by atoms with van der Waals surface area (Å²) in [5.74, 6) is 0.601. The third kappa shape index (κ3) is 3.03. The number of hydrogen-bond donors (Lipinski definition) is 1. The minimum atomic E-state index is -0.284. The lowest BCUT2D eigenvalue weighted by Crippen LogP contribution is -2.23. The molecule has 2 N–H and O–H groups in total. The minimum Gasteiger partial charge on any atom is -0.496 e. The molecule has 20 heavy (non-hydrogen) atoms. The van der Waals surface area contributed by atoms with Crippen LogP contribution in [0.3, 0.4) is 0 Å². The summed E-state index contributed by atoms with van der Waals surface area (Å²) in [6.45, 7) is 2.31. The van der Waals surface area contributed by atoms with Crippen molar-refractivity contribution in [2.75, 3.05) is 7.11 Å². The highest BCUT2D eigenvalue weighted by Crippen LogP contribution is 2.20. The maximum atomic E-state index is 11.7. The first-order valence-corrected chi connectivity index (χ1v) is 6.42. The van der Waals surface area contributed by atoms with E-state index in [1.807, 2.05) is 19.1 Å². The Morgan fingerprint density at radius 2 is 2.25 bits per heavy atom. The van der Waals surface area contributed by atoms with Crippen LogP contribution in [0.4, 0.5) is 0 Å². The van der Waals surface area contributed by atoms with E-state index in [1.165, 1.54) is 0 Å². The molecule has 0 aliphatic heterocycles. The molecule has 0 bridgehead atoms. The second-order valence-electron chi connectivity index (χ2n) is 4.44. The second-order valence-corrected chi connectivity index (χ2v) is 4.88. The van der Waals surface area contributed by atoms with Crippen molar-refractivity contribution in [3.63, 3.8) is 0 Å². The summed E-state index contributed by atoms with van der Waals surface area (Å²) in [5.41, 5.74) is 7.86. The Kier molecular flexibility index (Phi) is 4.14. The molecule has 0 unspecified atom stereocenters. The minimum absolute atomic E-state index is 0.280. The molecule has 2 aromatic rings. The van der Waals surface area contributed by atoms with Gasteiger partial charge in [0.05, 0.1) is 19.2 Å². The van der Waals surface area contributed by atoms with Crippen molar-refractivity contribution in [2.24, 2.45) is 5.73 Å². The van der Waals surface area contributed by atoms with Crippen molar-refractivity contribution in [3.05, 3.63) is 57.8 Å². The largest absolute Gasteiger partial charge is 0.496 e. The van der Waals surface area contributed by atoms with Crippen LogP contribution in [0, 0.1) is 6.92 Å². The van der Waals surface area contributed by atoms with Gasteiger partial charge in [-0.25, -0.2) is 9.78 Å². The quantitative estimate of drug-likeness (QED) is 0.858. The Morgan fingerprint density at radius 3 is 2.90 bits per heavy atom. The number of rotatable bonds is 4. The van der Waals surface area contributed by atoms with Gasteiger partial charge in [0.1, 0.15) is 10.7 Å². The number of hydrogen-bond acceptors (Lipinski definition) is 4. The summed E-state index contributed by atoms with van der Waals surface area (Å²) in [4.78, 5) is 15.8. The van der Waals surface area contributed by atoms with Crippen LogP contribution in [0.5, 0.6) is 5.75 Å². The average molecular weight is 289 g/mol. The number of benzene rings is 1. The van der Waals surface area contributed by atoms with Gasteiger partial charge >= 0.3 is 5.69 Å². The van der Waals surface area contributed by atoms with E-state index < -0.39 is 0 Å². The number of nitrogens with two attached hydrogens (primary N) is 1. The van der Waals surface area contributed by atoms with Gasteiger partial charge in [-0.15, -0.1) is 0 Å². The van der Waals surface area contributed by atoms with Crippen LogP contribution in [-0.2, 0) is 6.54 Å². The summed E-state index contributed by atoms with van der Waals surface area (Å²) in [7, 11) is 1.56. The van der Waals surface area contributed by atoms with Crippen molar-refractivity contribution < 1.29 is 4.74 Å². The third-order valence-electron chi connectivity index (χ3n) is 2.87. The number of aromatic nitrogens is 2. The van der Waals surface area contributed by atoms with Crippen LogP contribution < -0.4 is 16.2 Å². The standard InChI is InChI=1S/C14H15N3O2S/c1-9-6-16-14(18)17(7-9)8-10-3-4-11(13(15)20)12(5-10)19-2/h3-7H,8H2,1-2H3,(H2,15,20). The smallest absolute Gasteiger partial charge is 0.347 e. The predicted octanol–water partition coefficient (Wildman–Crippen LogP) is 1.24. The molecule has 0 aliphatic rings. The first-order chi connectivity index (χ1) is 9.51. The van der Waals surface area contributed by atoms with E-state index in [2.05, 4.69) is 4.98 Å². The van der Waals surface area contributed by atoms with Crippen LogP contribution >= 0.6 is 12.2 Å². The highest BCUT2D eigenvalue weighted by Gasteiger charge is 2.08. The fourth-order valence-electron chi connectivity index (χ4n) is 1.91. The van der Waals surface area contributed by atoms with E-state index in [9.17, 15) is 4.79 Å². The van der Waals surface area contributed by atoms with Gasteiger partial charge in [-0.05, 0) is 30.2 Å². The Labute approximate surface area is 122 Å². The topological polar surface area (TPSA) is 70.1 Å². The number of ether oxygens (including phenoxy) is 1. The van der Waals surface area contributed by atoms with Crippen molar-refractivity contribution in [1.29, 1.82) is 0 Å².